The van der Waals surface area contributed by atoms with Gasteiger partial charge in [0.05, 0.1) is 20.9 Å². The van der Waals surface area contributed by atoms with Gasteiger partial charge in [-0.1, -0.05) is 11.6 Å². The van der Waals surface area contributed by atoms with Crippen molar-refractivity contribution in [3.8, 4) is 11.8 Å². The second kappa shape index (κ2) is 5.69. The molecule has 0 bridgehead atoms. The van der Waals surface area contributed by atoms with Crippen LogP contribution in [0.2, 0.25) is 4.34 Å². The largest absolute Gasteiger partial charge is 0.481 e. The quantitative estimate of drug-likeness (QED) is 0.635. The zero-order valence-corrected chi connectivity index (χ0v) is 11.1. The monoisotopic (exact) mass is 294 g/mol. The Balaban J connectivity index is 2.20. The average Bonchev–Trinajstić information content (AvgIpc) is 2.82. The summed E-state index contributed by atoms with van der Waals surface area (Å²) in [7, 11) is 0. The minimum absolute atomic E-state index is 0.133. The molecule has 5 nitrogen and oxygen atoms in total. The Hall–Kier alpha value is -2.10. The molecule has 2 aromatic rings. The zero-order chi connectivity index (χ0) is 13.8. The SMILES string of the molecule is N#Cc1ccc(OCc2ccc(Cl)s2)c([N+](=O)[O-])c1. The van der Waals surface area contributed by atoms with Crippen LogP contribution in [0.25, 0.3) is 0 Å². The predicted molar refractivity (Wildman–Crippen MR) is 71.5 cm³/mol. The molecule has 0 saturated heterocycles. The molecule has 1 aromatic carbocycles. The van der Waals surface area contributed by atoms with Gasteiger partial charge in [-0.15, -0.1) is 11.3 Å². The van der Waals surface area contributed by atoms with Gasteiger partial charge >= 0.3 is 5.69 Å². The van der Waals surface area contributed by atoms with Gasteiger partial charge in [-0.05, 0) is 24.3 Å². The van der Waals surface area contributed by atoms with Gasteiger partial charge in [0.2, 0.25) is 0 Å². The molecule has 0 amide bonds. The Morgan fingerprint density at radius 1 is 1.42 bits per heavy atom. The molecule has 0 aliphatic rings. The number of ether oxygens (including phenoxy) is 1. The van der Waals surface area contributed by atoms with Crippen molar-refractivity contribution in [2.45, 2.75) is 6.61 Å². The maximum atomic E-state index is 10.9. The third kappa shape index (κ3) is 3.22. The Morgan fingerprint density at radius 2 is 2.21 bits per heavy atom. The van der Waals surface area contributed by atoms with Gasteiger partial charge in [-0.25, -0.2) is 0 Å². The van der Waals surface area contributed by atoms with Crippen molar-refractivity contribution in [3.05, 3.63) is 55.2 Å². The number of thiophene rings is 1. The first-order valence-corrected chi connectivity index (χ1v) is 6.35. The molecule has 0 unspecified atom stereocenters. The number of benzene rings is 1. The first-order chi connectivity index (χ1) is 9.10. The molecule has 1 heterocycles. The number of hydrogen-bond acceptors (Lipinski definition) is 5. The second-order valence-corrected chi connectivity index (χ2v) is 5.35. The van der Waals surface area contributed by atoms with Crippen LogP contribution in [-0.4, -0.2) is 4.92 Å². The van der Waals surface area contributed by atoms with E-state index in [1.807, 2.05) is 6.07 Å². The van der Waals surface area contributed by atoms with E-state index in [9.17, 15) is 10.1 Å². The molecule has 96 valence electrons. The number of nitriles is 1. The van der Waals surface area contributed by atoms with E-state index in [0.29, 0.717) is 4.34 Å². The van der Waals surface area contributed by atoms with Crippen LogP contribution in [0.1, 0.15) is 10.4 Å². The molecule has 0 N–H and O–H groups in total. The summed E-state index contributed by atoms with van der Waals surface area (Å²) in [5.74, 6) is 0.133. The van der Waals surface area contributed by atoms with Crippen LogP contribution in [0.15, 0.2) is 30.3 Å². The highest BCUT2D eigenvalue weighted by Gasteiger charge is 2.16. The number of nitro benzene ring substituents is 1. The lowest BCUT2D eigenvalue weighted by molar-refractivity contribution is -0.386. The fourth-order valence-electron chi connectivity index (χ4n) is 1.43. The zero-order valence-electron chi connectivity index (χ0n) is 9.50. The van der Waals surface area contributed by atoms with Gasteiger partial charge in [0.1, 0.15) is 6.61 Å². The fourth-order valence-corrected chi connectivity index (χ4v) is 2.43. The smallest absolute Gasteiger partial charge is 0.312 e. The summed E-state index contributed by atoms with van der Waals surface area (Å²) in [4.78, 5) is 11.2. The Kier molecular flexibility index (Phi) is 4.00. The van der Waals surface area contributed by atoms with Gasteiger partial charge < -0.3 is 4.74 Å². The Labute approximate surface area is 117 Å². The number of halogens is 1. The summed E-state index contributed by atoms with van der Waals surface area (Å²) < 4.78 is 6.03. The van der Waals surface area contributed by atoms with Crippen LogP contribution in [0, 0.1) is 21.4 Å². The third-order valence-corrected chi connectivity index (χ3v) is 3.49. The molecule has 0 aliphatic heterocycles. The van der Waals surface area contributed by atoms with Crippen LogP contribution in [0.5, 0.6) is 5.75 Å². The summed E-state index contributed by atoms with van der Waals surface area (Å²) in [6, 6.07) is 9.47. The second-order valence-electron chi connectivity index (χ2n) is 3.55. The van der Waals surface area contributed by atoms with E-state index in [4.69, 9.17) is 21.6 Å². The Morgan fingerprint density at radius 3 is 2.79 bits per heavy atom. The molecule has 7 heteroatoms. The number of rotatable bonds is 4. The maximum absolute atomic E-state index is 10.9. The standard InChI is InChI=1S/C12H7ClN2O3S/c13-12-4-2-9(19-12)7-18-11-3-1-8(6-14)5-10(11)15(16)17/h1-5H,7H2. The van der Waals surface area contributed by atoms with E-state index >= 15 is 0 Å². The average molecular weight is 295 g/mol. The third-order valence-electron chi connectivity index (χ3n) is 2.28. The lowest BCUT2D eigenvalue weighted by Gasteiger charge is -2.05. The predicted octanol–water partition coefficient (Wildman–Crippen LogP) is 3.76. The summed E-state index contributed by atoms with van der Waals surface area (Å²) in [5, 5.41) is 19.6. The van der Waals surface area contributed by atoms with Gasteiger partial charge in [-0.3, -0.25) is 10.1 Å². The molecule has 0 spiro atoms. The maximum Gasteiger partial charge on any atom is 0.312 e. The van der Waals surface area contributed by atoms with Crippen LogP contribution in [0.3, 0.4) is 0 Å². The molecule has 0 atom stereocenters. The molecular weight excluding hydrogens is 288 g/mol. The number of hydrogen-bond donors (Lipinski definition) is 0. The molecule has 1 aromatic heterocycles. The van der Waals surface area contributed by atoms with Gasteiger partial charge in [0.25, 0.3) is 0 Å². The first kappa shape index (κ1) is 13.3. The van der Waals surface area contributed by atoms with Crippen molar-refractivity contribution in [1.82, 2.24) is 0 Å². The molecule has 0 saturated carbocycles. The molecule has 0 aliphatic carbocycles. The normalized spacial score (nSPS) is 9.89. The van der Waals surface area contributed by atoms with Gasteiger partial charge in [0, 0.05) is 10.9 Å². The fraction of sp³-hybridized carbons (Fsp3) is 0.0833. The van der Waals surface area contributed by atoms with Crippen LogP contribution in [-0.2, 0) is 6.61 Å². The summed E-state index contributed by atoms with van der Waals surface area (Å²) in [5.41, 5.74) is -0.0000730. The van der Waals surface area contributed by atoms with Crippen LogP contribution < -0.4 is 4.74 Å². The van der Waals surface area contributed by atoms with E-state index in [2.05, 4.69) is 0 Å². The van der Waals surface area contributed by atoms with Gasteiger partial charge in [0.15, 0.2) is 5.75 Å². The van der Waals surface area contributed by atoms with Crippen molar-refractivity contribution in [1.29, 1.82) is 5.26 Å². The molecule has 2 rings (SSSR count). The molecule has 0 fully saturated rings. The van der Waals surface area contributed by atoms with Crippen LogP contribution >= 0.6 is 22.9 Å². The summed E-state index contributed by atoms with van der Waals surface area (Å²) in [6.07, 6.45) is 0. The highest BCUT2D eigenvalue weighted by molar-refractivity contribution is 7.16. The number of nitrogens with zero attached hydrogens (tertiary/aromatic N) is 2. The van der Waals surface area contributed by atoms with E-state index in [0.717, 1.165) is 4.88 Å². The molecular formula is C12H7ClN2O3S. The first-order valence-electron chi connectivity index (χ1n) is 5.15. The minimum atomic E-state index is -0.572. The van der Waals surface area contributed by atoms with E-state index < -0.39 is 4.92 Å². The van der Waals surface area contributed by atoms with Crippen molar-refractivity contribution >= 4 is 28.6 Å². The highest BCUT2D eigenvalue weighted by Crippen LogP contribution is 2.29. The molecule has 0 radical (unpaired) electrons. The minimum Gasteiger partial charge on any atom is -0.481 e. The van der Waals surface area contributed by atoms with E-state index in [1.165, 1.54) is 29.5 Å². The van der Waals surface area contributed by atoms with Crippen molar-refractivity contribution < 1.29 is 9.66 Å². The van der Waals surface area contributed by atoms with Crippen molar-refractivity contribution in [2.24, 2.45) is 0 Å². The van der Waals surface area contributed by atoms with E-state index in [1.54, 1.807) is 12.1 Å². The summed E-state index contributed by atoms with van der Waals surface area (Å²) >= 11 is 7.13. The van der Waals surface area contributed by atoms with Crippen molar-refractivity contribution in [2.75, 3.05) is 0 Å². The topological polar surface area (TPSA) is 76.2 Å². The Bertz CT molecular complexity index is 663. The lowest BCUT2D eigenvalue weighted by atomic mass is 10.2. The lowest BCUT2D eigenvalue weighted by Crippen LogP contribution is -1.98. The molecule has 19 heavy (non-hydrogen) atoms. The highest BCUT2D eigenvalue weighted by atomic mass is 35.5. The van der Waals surface area contributed by atoms with Crippen LogP contribution in [0.4, 0.5) is 5.69 Å². The van der Waals surface area contributed by atoms with Crippen molar-refractivity contribution in [3.63, 3.8) is 0 Å². The van der Waals surface area contributed by atoms with Gasteiger partial charge in [-0.2, -0.15) is 5.26 Å². The number of nitro groups is 1. The summed E-state index contributed by atoms with van der Waals surface area (Å²) in [6.45, 7) is 0.199. The van der Waals surface area contributed by atoms with E-state index in [-0.39, 0.29) is 23.6 Å².